The van der Waals surface area contributed by atoms with E-state index in [1.54, 1.807) is 5.38 Å². The Morgan fingerprint density at radius 2 is 1.95 bits per heavy atom. The molecule has 102 valence electrons. The van der Waals surface area contributed by atoms with Crippen molar-refractivity contribution in [2.45, 2.75) is 18.9 Å². The van der Waals surface area contributed by atoms with Crippen LogP contribution in [0.4, 0.5) is 13.2 Å². The lowest BCUT2D eigenvalue weighted by Crippen LogP contribution is -2.17. The monoisotopic (exact) mass is 290 g/mol. The molecule has 0 saturated carbocycles. The second-order valence-corrected chi connectivity index (χ2v) is 4.35. The van der Waals surface area contributed by atoms with E-state index in [9.17, 15) is 18.3 Å². The van der Waals surface area contributed by atoms with Crippen LogP contribution in [0, 0.1) is 0 Å². The fourth-order valence-electron chi connectivity index (χ4n) is 1.47. The van der Waals surface area contributed by atoms with Crippen LogP contribution in [0.3, 0.4) is 0 Å². The van der Waals surface area contributed by atoms with Crippen molar-refractivity contribution >= 4 is 11.5 Å². The molecule has 19 heavy (non-hydrogen) atoms. The van der Waals surface area contributed by atoms with Crippen LogP contribution in [0.1, 0.15) is 17.4 Å². The molecule has 0 radical (unpaired) electrons. The summed E-state index contributed by atoms with van der Waals surface area (Å²) in [5.74, 6) is -0.291. The predicted octanol–water partition coefficient (Wildman–Crippen LogP) is 2.71. The van der Waals surface area contributed by atoms with Gasteiger partial charge in [0.25, 0.3) is 0 Å². The Labute approximate surface area is 110 Å². The van der Waals surface area contributed by atoms with Crippen molar-refractivity contribution in [1.29, 1.82) is 0 Å². The largest absolute Gasteiger partial charge is 0.573 e. The fourth-order valence-corrected chi connectivity index (χ4v) is 1.97. The lowest BCUT2D eigenvalue weighted by molar-refractivity contribution is -0.274. The third-order valence-corrected chi connectivity index (χ3v) is 2.83. The molecule has 1 aromatic heterocycles. The minimum Gasteiger partial charge on any atom is -0.406 e. The number of nitrogens with zero attached hydrogens (tertiary/aromatic N) is 2. The fraction of sp³-hybridized carbons (Fsp3) is 0.273. The number of hydrogen-bond acceptors (Lipinski definition) is 5. The molecule has 0 spiro atoms. The summed E-state index contributed by atoms with van der Waals surface area (Å²) >= 11 is 1.12. The molecule has 0 saturated heterocycles. The van der Waals surface area contributed by atoms with Crippen molar-refractivity contribution in [2.75, 3.05) is 0 Å². The van der Waals surface area contributed by atoms with E-state index in [4.69, 9.17) is 0 Å². The van der Waals surface area contributed by atoms with Gasteiger partial charge in [-0.2, -0.15) is 0 Å². The molecule has 0 bridgehead atoms. The highest BCUT2D eigenvalue weighted by Crippen LogP contribution is 2.24. The third-order valence-electron chi connectivity index (χ3n) is 2.30. The number of aliphatic hydroxyl groups excluding tert-OH is 1. The second-order valence-electron chi connectivity index (χ2n) is 3.74. The first-order valence-electron chi connectivity index (χ1n) is 5.24. The lowest BCUT2D eigenvalue weighted by atomic mass is 10.1. The Morgan fingerprint density at radius 3 is 2.47 bits per heavy atom. The topological polar surface area (TPSA) is 55.2 Å². The predicted molar refractivity (Wildman–Crippen MR) is 61.7 cm³/mol. The number of halogens is 3. The van der Waals surface area contributed by atoms with E-state index < -0.39 is 12.5 Å². The molecule has 2 aromatic rings. The molecule has 0 aliphatic heterocycles. The van der Waals surface area contributed by atoms with Gasteiger partial charge in [-0.1, -0.05) is 16.6 Å². The molecule has 0 aliphatic rings. The van der Waals surface area contributed by atoms with Crippen LogP contribution in [0.2, 0.25) is 0 Å². The van der Waals surface area contributed by atoms with Gasteiger partial charge >= 0.3 is 6.36 Å². The third kappa shape index (κ3) is 4.18. The number of ether oxygens (including phenoxy) is 1. The summed E-state index contributed by atoms with van der Waals surface area (Å²) in [6, 6.07) is 5.33. The SMILES string of the molecule is OC(Cc1ccc(OC(F)(F)F)cc1)c1csnn1. The summed E-state index contributed by atoms with van der Waals surface area (Å²) in [6.07, 6.45) is -5.28. The van der Waals surface area contributed by atoms with E-state index in [1.807, 2.05) is 0 Å². The van der Waals surface area contributed by atoms with Crippen molar-refractivity contribution in [3.8, 4) is 5.75 Å². The zero-order chi connectivity index (χ0) is 13.9. The molecule has 8 heteroatoms. The quantitative estimate of drug-likeness (QED) is 0.940. The lowest BCUT2D eigenvalue weighted by Gasteiger charge is -2.10. The van der Waals surface area contributed by atoms with Crippen molar-refractivity contribution in [3.05, 3.63) is 40.9 Å². The van der Waals surface area contributed by atoms with Crippen molar-refractivity contribution in [1.82, 2.24) is 9.59 Å². The minimum absolute atomic E-state index is 0.248. The van der Waals surface area contributed by atoms with Crippen LogP contribution in [-0.2, 0) is 6.42 Å². The van der Waals surface area contributed by atoms with Crippen LogP contribution in [0.25, 0.3) is 0 Å². The Hall–Kier alpha value is -1.67. The van der Waals surface area contributed by atoms with Gasteiger partial charge in [-0.25, -0.2) is 0 Å². The number of aromatic nitrogens is 2. The Balaban J connectivity index is 1.99. The van der Waals surface area contributed by atoms with Gasteiger partial charge in [0.1, 0.15) is 17.5 Å². The molecule has 1 atom stereocenters. The first-order chi connectivity index (χ1) is 8.94. The van der Waals surface area contributed by atoms with Gasteiger partial charge in [-0.05, 0) is 29.2 Å². The molecule has 2 rings (SSSR count). The van der Waals surface area contributed by atoms with Gasteiger partial charge < -0.3 is 9.84 Å². The van der Waals surface area contributed by atoms with Gasteiger partial charge in [-0.15, -0.1) is 18.3 Å². The molecule has 1 aromatic carbocycles. The summed E-state index contributed by atoms with van der Waals surface area (Å²) in [4.78, 5) is 0. The number of alkyl halides is 3. The van der Waals surface area contributed by atoms with E-state index >= 15 is 0 Å². The van der Waals surface area contributed by atoms with Crippen molar-refractivity contribution in [3.63, 3.8) is 0 Å². The number of hydrogen-bond donors (Lipinski definition) is 1. The Bertz CT molecular complexity index is 514. The summed E-state index contributed by atoms with van der Waals surface area (Å²) in [5.41, 5.74) is 1.12. The van der Waals surface area contributed by atoms with E-state index in [0.29, 0.717) is 11.3 Å². The number of benzene rings is 1. The smallest absolute Gasteiger partial charge is 0.406 e. The average molecular weight is 290 g/mol. The maximum Gasteiger partial charge on any atom is 0.573 e. The van der Waals surface area contributed by atoms with Crippen LogP contribution in [0.5, 0.6) is 5.75 Å². The molecule has 4 nitrogen and oxygen atoms in total. The highest BCUT2D eigenvalue weighted by Gasteiger charge is 2.30. The maximum atomic E-state index is 12.0. The van der Waals surface area contributed by atoms with Gasteiger partial charge in [0, 0.05) is 11.8 Å². The molecular weight excluding hydrogens is 281 g/mol. The van der Waals surface area contributed by atoms with Crippen LogP contribution in [0.15, 0.2) is 29.6 Å². The Morgan fingerprint density at radius 1 is 1.26 bits per heavy atom. The van der Waals surface area contributed by atoms with E-state index in [2.05, 4.69) is 14.3 Å². The van der Waals surface area contributed by atoms with E-state index in [-0.39, 0.29) is 12.2 Å². The zero-order valence-electron chi connectivity index (χ0n) is 9.46. The summed E-state index contributed by atoms with van der Waals surface area (Å²) in [7, 11) is 0. The van der Waals surface area contributed by atoms with Crippen molar-refractivity contribution in [2.24, 2.45) is 0 Å². The second kappa shape index (κ2) is 5.54. The normalized spacial score (nSPS) is 13.3. The number of aliphatic hydroxyl groups is 1. The first-order valence-corrected chi connectivity index (χ1v) is 6.07. The molecule has 0 aliphatic carbocycles. The van der Waals surface area contributed by atoms with Gasteiger partial charge in [0.15, 0.2) is 0 Å². The standard InChI is InChI=1S/C11H9F3N2O2S/c12-11(13,14)18-8-3-1-7(2-4-8)5-10(17)9-6-19-16-15-9/h1-4,6,10,17H,5H2. The maximum absolute atomic E-state index is 12.0. The highest BCUT2D eigenvalue weighted by molar-refractivity contribution is 7.03. The summed E-state index contributed by atoms with van der Waals surface area (Å²) in [5, 5.41) is 15.2. The van der Waals surface area contributed by atoms with E-state index in [0.717, 1.165) is 11.5 Å². The molecule has 0 amide bonds. The molecule has 0 fully saturated rings. The summed E-state index contributed by atoms with van der Waals surface area (Å²) in [6.45, 7) is 0. The van der Waals surface area contributed by atoms with Crippen LogP contribution < -0.4 is 4.74 Å². The Kier molecular flexibility index (Phi) is 4.01. The van der Waals surface area contributed by atoms with E-state index in [1.165, 1.54) is 24.3 Å². The molecule has 1 unspecified atom stereocenters. The minimum atomic E-state index is -4.70. The van der Waals surface area contributed by atoms with Crippen LogP contribution in [-0.4, -0.2) is 21.1 Å². The molecular formula is C11H9F3N2O2S. The van der Waals surface area contributed by atoms with Gasteiger partial charge in [0.05, 0.1) is 0 Å². The van der Waals surface area contributed by atoms with Crippen LogP contribution >= 0.6 is 11.5 Å². The summed E-state index contributed by atoms with van der Waals surface area (Å²) < 4.78 is 43.3. The average Bonchev–Trinajstić information content (AvgIpc) is 2.83. The first kappa shape index (κ1) is 13.8. The zero-order valence-corrected chi connectivity index (χ0v) is 10.3. The molecule has 1 heterocycles. The van der Waals surface area contributed by atoms with Crippen molar-refractivity contribution < 1.29 is 23.0 Å². The highest BCUT2D eigenvalue weighted by atomic mass is 32.1. The van der Waals surface area contributed by atoms with Gasteiger partial charge in [0.2, 0.25) is 0 Å². The number of rotatable bonds is 4. The van der Waals surface area contributed by atoms with Gasteiger partial charge in [-0.3, -0.25) is 0 Å². The molecule has 1 N–H and O–H groups in total.